The van der Waals surface area contributed by atoms with Gasteiger partial charge < -0.3 is 14.6 Å². The zero-order chi connectivity index (χ0) is 31.7. The van der Waals surface area contributed by atoms with Crippen LogP contribution in [-0.2, 0) is 22.7 Å². The highest BCUT2D eigenvalue weighted by Gasteiger charge is 2.50. The van der Waals surface area contributed by atoms with Crippen LogP contribution in [0.3, 0.4) is 0 Å². The Bertz CT molecular complexity index is 1580. The zero-order valence-corrected chi connectivity index (χ0v) is 27.6. The van der Waals surface area contributed by atoms with Gasteiger partial charge >= 0.3 is 0 Å². The van der Waals surface area contributed by atoms with Crippen molar-refractivity contribution in [2.75, 3.05) is 19.4 Å². The van der Waals surface area contributed by atoms with Crippen molar-refractivity contribution >= 4 is 23.2 Å². The second-order valence-corrected chi connectivity index (χ2v) is 15.9. The van der Waals surface area contributed by atoms with Gasteiger partial charge in [-0.05, 0) is 71.5 Å². The number of benzene rings is 5. The lowest BCUT2D eigenvalue weighted by molar-refractivity contribution is -0.0643. The van der Waals surface area contributed by atoms with E-state index in [1.165, 1.54) is 27.1 Å². The standard InChI is InChI=1S/C42H44O3P/c1-42(33-43)40(31-44-29-34-17-7-2-8-18-34)36(27-28-41(42)45-30-35-19-9-3-10-20-35)32-46(37-21-11-4-12-22-37,38-23-13-5-14-24-38)39-25-15-6-16-26-39/h2-26,41,43H,27-33H2,1H3/q+1/t41-,42-/m0/s1. The minimum atomic E-state index is -2.13. The average Bonchev–Trinajstić information content (AvgIpc) is 3.13. The molecule has 4 heteroatoms. The van der Waals surface area contributed by atoms with Crippen LogP contribution in [0, 0.1) is 5.41 Å². The largest absolute Gasteiger partial charge is 0.395 e. The lowest BCUT2D eigenvalue weighted by atomic mass is 9.69. The first-order valence-corrected chi connectivity index (χ1v) is 18.3. The second kappa shape index (κ2) is 15.2. The number of ether oxygens (including phenoxy) is 2. The van der Waals surface area contributed by atoms with E-state index in [-0.39, 0.29) is 12.7 Å². The molecule has 0 bridgehead atoms. The van der Waals surface area contributed by atoms with Crippen LogP contribution < -0.4 is 15.9 Å². The van der Waals surface area contributed by atoms with E-state index in [0.29, 0.717) is 19.8 Å². The Balaban J connectivity index is 1.45. The topological polar surface area (TPSA) is 38.7 Å². The van der Waals surface area contributed by atoms with E-state index in [2.05, 4.69) is 122 Å². The smallest absolute Gasteiger partial charge is 0.116 e. The van der Waals surface area contributed by atoms with Crippen molar-refractivity contribution in [3.05, 3.63) is 174 Å². The first-order valence-electron chi connectivity index (χ1n) is 16.3. The van der Waals surface area contributed by atoms with Crippen LogP contribution in [0.1, 0.15) is 30.9 Å². The molecule has 0 saturated carbocycles. The summed E-state index contributed by atoms with van der Waals surface area (Å²) in [5.74, 6) is 0. The van der Waals surface area contributed by atoms with Gasteiger partial charge in [-0.15, -0.1) is 0 Å². The molecule has 3 nitrogen and oxygen atoms in total. The molecule has 2 atom stereocenters. The summed E-state index contributed by atoms with van der Waals surface area (Å²) in [6, 6.07) is 53.8. The van der Waals surface area contributed by atoms with Gasteiger partial charge in [0.15, 0.2) is 0 Å². The van der Waals surface area contributed by atoms with E-state index in [9.17, 15) is 5.11 Å². The van der Waals surface area contributed by atoms with Crippen molar-refractivity contribution in [3.8, 4) is 0 Å². The molecular weight excluding hydrogens is 583 g/mol. The lowest BCUT2D eigenvalue weighted by Crippen LogP contribution is -2.45. The fraction of sp³-hybridized carbons (Fsp3) is 0.238. The minimum absolute atomic E-state index is 0.00651. The molecule has 0 aromatic heterocycles. The maximum absolute atomic E-state index is 11.2. The van der Waals surface area contributed by atoms with E-state index in [1.807, 2.05) is 36.4 Å². The van der Waals surface area contributed by atoms with Gasteiger partial charge in [0.1, 0.15) is 23.2 Å². The van der Waals surface area contributed by atoms with Gasteiger partial charge in [-0.1, -0.05) is 122 Å². The summed E-state index contributed by atoms with van der Waals surface area (Å²) in [4.78, 5) is 0. The van der Waals surface area contributed by atoms with Crippen molar-refractivity contribution in [3.63, 3.8) is 0 Å². The van der Waals surface area contributed by atoms with Crippen LogP contribution in [-0.4, -0.2) is 30.6 Å². The highest BCUT2D eigenvalue weighted by Crippen LogP contribution is 2.59. The fourth-order valence-corrected chi connectivity index (χ4v) is 11.4. The Morgan fingerprint density at radius 2 is 1.04 bits per heavy atom. The molecule has 0 spiro atoms. The van der Waals surface area contributed by atoms with Crippen molar-refractivity contribution < 1.29 is 14.6 Å². The summed E-state index contributed by atoms with van der Waals surface area (Å²) >= 11 is 0. The molecule has 6 rings (SSSR count). The summed E-state index contributed by atoms with van der Waals surface area (Å²) < 4.78 is 13.2. The summed E-state index contributed by atoms with van der Waals surface area (Å²) in [5.41, 5.74) is 4.26. The van der Waals surface area contributed by atoms with Gasteiger partial charge in [-0.25, -0.2) is 0 Å². The van der Waals surface area contributed by atoms with Gasteiger partial charge in [0.2, 0.25) is 0 Å². The van der Waals surface area contributed by atoms with Crippen molar-refractivity contribution in [2.45, 2.75) is 39.1 Å². The maximum Gasteiger partial charge on any atom is 0.116 e. The van der Waals surface area contributed by atoms with Crippen molar-refractivity contribution in [1.29, 1.82) is 0 Å². The van der Waals surface area contributed by atoms with Crippen LogP contribution in [0.4, 0.5) is 0 Å². The number of allylic oxidation sites excluding steroid dienone is 1. The Labute approximate surface area is 274 Å². The zero-order valence-electron chi connectivity index (χ0n) is 26.7. The van der Waals surface area contributed by atoms with E-state index >= 15 is 0 Å². The normalized spacial score (nSPS) is 18.4. The van der Waals surface area contributed by atoms with Crippen LogP contribution in [0.25, 0.3) is 0 Å². The minimum Gasteiger partial charge on any atom is -0.395 e. The van der Waals surface area contributed by atoms with Gasteiger partial charge in [-0.3, -0.25) is 0 Å². The molecule has 0 saturated heterocycles. The summed E-state index contributed by atoms with van der Waals surface area (Å²) in [5, 5.41) is 15.3. The Hall–Kier alpha value is -3.85. The fourth-order valence-electron chi connectivity index (χ4n) is 6.95. The van der Waals surface area contributed by atoms with E-state index in [0.717, 1.165) is 30.1 Å². The van der Waals surface area contributed by atoms with Gasteiger partial charge in [0.05, 0.1) is 38.7 Å². The molecule has 5 aromatic carbocycles. The monoisotopic (exact) mass is 627 g/mol. The van der Waals surface area contributed by atoms with E-state index in [4.69, 9.17) is 9.47 Å². The molecule has 1 aliphatic carbocycles. The Kier molecular flexibility index (Phi) is 10.6. The third-order valence-electron chi connectivity index (χ3n) is 9.53. The molecule has 0 amide bonds. The highest BCUT2D eigenvalue weighted by atomic mass is 31.2. The van der Waals surface area contributed by atoms with E-state index in [1.54, 1.807) is 0 Å². The van der Waals surface area contributed by atoms with Crippen LogP contribution in [0.15, 0.2) is 163 Å². The van der Waals surface area contributed by atoms with Crippen LogP contribution in [0.2, 0.25) is 0 Å². The van der Waals surface area contributed by atoms with Crippen LogP contribution in [0.5, 0.6) is 0 Å². The van der Waals surface area contributed by atoms with E-state index < -0.39 is 12.7 Å². The first kappa shape index (κ1) is 32.1. The lowest BCUT2D eigenvalue weighted by Gasteiger charge is -2.44. The molecule has 1 N–H and O–H groups in total. The molecule has 0 aliphatic heterocycles. The second-order valence-electron chi connectivity index (χ2n) is 12.4. The molecule has 5 aromatic rings. The molecule has 46 heavy (non-hydrogen) atoms. The van der Waals surface area contributed by atoms with Crippen molar-refractivity contribution in [2.24, 2.45) is 5.41 Å². The molecule has 1 aliphatic rings. The Morgan fingerprint density at radius 1 is 0.609 bits per heavy atom. The van der Waals surface area contributed by atoms with Gasteiger partial charge in [-0.2, -0.15) is 0 Å². The summed E-state index contributed by atoms with van der Waals surface area (Å²) in [6.45, 7) is 3.66. The van der Waals surface area contributed by atoms with Crippen molar-refractivity contribution in [1.82, 2.24) is 0 Å². The number of hydrogen-bond acceptors (Lipinski definition) is 3. The SMILES string of the molecule is C[C@]1(CO)C(COCc2ccccc2)=C(C[P+](c2ccccc2)(c2ccccc2)c2ccccc2)CC[C@@H]1OCc1ccccc1. The predicted octanol–water partition coefficient (Wildman–Crippen LogP) is 7.87. The molecule has 0 radical (unpaired) electrons. The van der Waals surface area contributed by atoms with Gasteiger partial charge in [0, 0.05) is 5.41 Å². The highest BCUT2D eigenvalue weighted by molar-refractivity contribution is 7.95. The first-order chi connectivity index (χ1) is 22.6. The van der Waals surface area contributed by atoms with Gasteiger partial charge in [0.25, 0.3) is 0 Å². The Morgan fingerprint density at radius 3 is 1.50 bits per heavy atom. The number of hydrogen-bond donors (Lipinski definition) is 1. The summed E-state index contributed by atoms with van der Waals surface area (Å²) in [7, 11) is -2.13. The maximum atomic E-state index is 11.2. The number of aliphatic hydroxyl groups is 1. The molecule has 234 valence electrons. The quantitative estimate of drug-likeness (QED) is 0.107. The molecule has 0 fully saturated rings. The third-order valence-corrected chi connectivity index (χ3v) is 13.9. The molecule has 0 unspecified atom stereocenters. The number of rotatable bonds is 13. The predicted molar refractivity (Wildman–Crippen MR) is 193 cm³/mol. The number of aliphatic hydroxyl groups excluding tert-OH is 1. The van der Waals surface area contributed by atoms with Crippen LogP contribution >= 0.6 is 7.26 Å². The third kappa shape index (κ3) is 6.94. The average molecular weight is 628 g/mol. The molecular formula is C42H44O3P+. The summed E-state index contributed by atoms with van der Waals surface area (Å²) in [6.07, 6.45) is 2.50. The molecule has 0 heterocycles.